The number of hydrogen-bond donors (Lipinski definition) is 1. The Morgan fingerprint density at radius 1 is 1.47 bits per heavy atom. The Balaban J connectivity index is 2.11. The molecule has 0 radical (unpaired) electrons. The Morgan fingerprint density at radius 3 is 2.84 bits per heavy atom. The first-order valence-corrected chi connectivity index (χ1v) is 6.69. The van der Waals surface area contributed by atoms with E-state index in [1.54, 1.807) is 6.92 Å². The normalized spacial score (nSPS) is 45.4. The zero-order chi connectivity index (χ0) is 13.9. The zero-order valence-corrected chi connectivity index (χ0v) is 11.2. The maximum atomic E-state index is 12.2. The van der Waals surface area contributed by atoms with Gasteiger partial charge in [0.25, 0.3) is 0 Å². The third-order valence-corrected chi connectivity index (χ3v) is 5.06. The van der Waals surface area contributed by atoms with Crippen LogP contribution in [0.1, 0.15) is 26.7 Å². The smallest absolute Gasteiger partial charge is 0.334 e. The van der Waals surface area contributed by atoms with Crippen molar-refractivity contribution in [1.29, 1.82) is 0 Å². The first kappa shape index (κ1) is 12.6. The van der Waals surface area contributed by atoms with Gasteiger partial charge in [-0.3, -0.25) is 4.79 Å². The first-order chi connectivity index (χ1) is 8.87. The molecule has 1 aliphatic heterocycles. The summed E-state index contributed by atoms with van der Waals surface area (Å²) in [5, 5.41) is 10.7. The lowest BCUT2D eigenvalue weighted by atomic mass is 9.70. The van der Waals surface area contributed by atoms with Gasteiger partial charge in [-0.2, -0.15) is 0 Å². The molecule has 1 heterocycles. The van der Waals surface area contributed by atoms with E-state index < -0.39 is 23.4 Å². The molecule has 4 nitrogen and oxygen atoms in total. The summed E-state index contributed by atoms with van der Waals surface area (Å²) in [6.45, 7) is 7.55. The van der Waals surface area contributed by atoms with Crippen LogP contribution in [0.25, 0.3) is 0 Å². The van der Waals surface area contributed by atoms with Crippen LogP contribution < -0.4 is 0 Å². The highest BCUT2D eigenvalue weighted by Gasteiger charge is 2.58. The van der Waals surface area contributed by atoms with E-state index in [0.29, 0.717) is 18.4 Å². The fraction of sp³-hybridized carbons (Fsp3) is 0.600. The van der Waals surface area contributed by atoms with Crippen LogP contribution in [-0.4, -0.2) is 29.1 Å². The molecule has 5 atom stereocenters. The zero-order valence-electron chi connectivity index (χ0n) is 11.2. The van der Waals surface area contributed by atoms with Crippen molar-refractivity contribution in [2.75, 3.05) is 0 Å². The number of ketones is 1. The highest BCUT2D eigenvalue weighted by Crippen LogP contribution is 2.52. The molecule has 0 bridgehead atoms. The Labute approximate surface area is 112 Å². The lowest BCUT2D eigenvalue weighted by Crippen LogP contribution is -2.44. The van der Waals surface area contributed by atoms with Gasteiger partial charge in [0.1, 0.15) is 11.9 Å². The minimum absolute atomic E-state index is 0.0228. The quantitative estimate of drug-likeness (QED) is 0.407. The van der Waals surface area contributed by atoms with Gasteiger partial charge < -0.3 is 9.84 Å². The highest BCUT2D eigenvalue weighted by molar-refractivity contribution is 5.95. The molecule has 2 aliphatic carbocycles. The predicted molar refractivity (Wildman–Crippen MR) is 68.1 cm³/mol. The Morgan fingerprint density at radius 2 is 2.16 bits per heavy atom. The molecule has 1 N–H and O–H groups in total. The summed E-state index contributed by atoms with van der Waals surface area (Å²) in [7, 11) is 0. The van der Waals surface area contributed by atoms with Crippen LogP contribution in [0.2, 0.25) is 0 Å². The molecule has 3 aliphatic rings. The average molecular weight is 262 g/mol. The number of ether oxygens (including phenoxy) is 1. The molecule has 2 fully saturated rings. The van der Waals surface area contributed by atoms with Gasteiger partial charge in [-0.05, 0) is 19.3 Å². The molecule has 0 aromatic carbocycles. The molecule has 0 spiro atoms. The van der Waals surface area contributed by atoms with Crippen molar-refractivity contribution in [1.82, 2.24) is 0 Å². The maximum absolute atomic E-state index is 12.2. The van der Waals surface area contributed by atoms with Crippen LogP contribution in [0.5, 0.6) is 0 Å². The Kier molecular flexibility index (Phi) is 2.52. The van der Waals surface area contributed by atoms with Crippen LogP contribution in [0.3, 0.4) is 0 Å². The van der Waals surface area contributed by atoms with Gasteiger partial charge in [-0.15, -0.1) is 0 Å². The number of aliphatic hydroxyl groups is 1. The van der Waals surface area contributed by atoms with Crippen LogP contribution in [-0.2, 0) is 14.3 Å². The van der Waals surface area contributed by atoms with Gasteiger partial charge in [0.05, 0.1) is 17.4 Å². The van der Waals surface area contributed by atoms with Crippen molar-refractivity contribution in [3.05, 3.63) is 23.8 Å². The molecule has 1 saturated carbocycles. The van der Waals surface area contributed by atoms with Gasteiger partial charge in [-0.1, -0.05) is 25.2 Å². The van der Waals surface area contributed by atoms with Crippen LogP contribution in [0, 0.1) is 17.3 Å². The molecule has 0 unspecified atom stereocenters. The van der Waals surface area contributed by atoms with Crippen LogP contribution >= 0.6 is 0 Å². The molecular weight excluding hydrogens is 244 g/mol. The lowest BCUT2D eigenvalue weighted by Gasteiger charge is -2.34. The fourth-order valence-electron chi connectivity index (χ4n) is 3.91. The third-order valence-electron chi connectivity index (χ3n) is 5.06. The predicted octanol–water partition coefficient (Wildman–Crippen LogP) is 1.39. The van der Waals surface area contributed by atoms with E-state index in [9.17, 15) is 14.7 Å². The van der Waals surface area contributed by atoms with Gasteiger partial charge in [0.2, 0.25) is 0 Å². The van der Waals surface area contributed by atoms with Crippen LogP contribution in [0.4, 0.5) is 0 Å². The van der Waals surface area contributed by atoms with Crippen molar-refractivity contribution in [2.24, 2.45) is 17.3 Å². The third kappa shape index (κ3) is 1.43. The number of aliphatic hydroxyl groups excluding tert-OH is 1. The number of esters is 1. The standard InChI is InChI=1S/C15H18O4/c1-7-6-10-12(8(2)14(18)19-10)13(17)15(3)9(7)4-5-11(15)16/h4,7,10,12-13,17H,2,5-6H2,1,3H3/t7-,10-,12+,13+,15+/m1/s1. The SMILES string of the molecule is C=C1C(=O)O[C@@H]2C[C@@H](C)C3=CCC(=O)[C@@]3(C)[C@@H](O)[C@@H]12. The molecule has 102 valence electrons. The largest absolute Gasteiger partial charge is 0.458 e. The topological polar surface area (TPSA) is 63.6 Å². The van der Waals surface area contributed by atoms with Gasteiger partial charge in [-0.25, -0.2) is 4.79 Å². The van der Waals surface area contributed by atoms with Gasteiger partial charge >= 0.3 is 5.97 Å². The van der Waals surface area contributed by atoms with Gasteiger partial charge in [0, 0.05) is 12.0 Å². The molecular formula is C15H18O4. The number of hydrogen-bond acceptors (Lipinski definition) is 4. The summed E-state index contributed by atoms with van der Waals surface area (Å²) in [6, 6.07) is 0. The average Bonchev–Trinajstić information content (AvgIpc) is 2.77. The van der Waals surface area contributed by atoms with E-state index in [0.717, 1.165) is 5.57 Å². The number of carbonyl (C=O) groups excluding carboxylic acids is 2. The summed E-state index contributed by atoms with van der Waals surface area (Å²) in [6.07, 6.45) is 1.65. The Bertz CT molecular complexity index is 518. The maximum Gasteiger partial charge on any atom is 0.334 e. The minimum Gasteiger partial charge on any atom is -0.458 e. The van der Waals surface area contributed by atoms with Crippen molar-refractivity contribution in [2.45, 2.75) is 38.9 Å². The molecule has 4 heteroatoms. The number of Topliss-reactive ketones (excluding diaryl/α,β-unsaturated/α-hetero) is 1. The number of carbonyl (C=O) groups is 2. The van der Waals surface area contributed by atoms with E-state index in [1.807, 2.05) is 13.0 Å². The van der Waals surface area contributed by atoms with E-state index in [-0.39, 0.29) is 17.8 Å². The second-order valence-electron chi connectivity index (χ2n) is 6.07. The monoisotopic (exact) mass is 262 g/mol. The summed E-state index contributed by atoms with van der Waals surface area (Å²) < 4.78 is 5.31. The minimum atomic E-state index is -0.928. The number of rotatable bonds is 0. The van der Waals surface area contributed by atoms with Crippen LogP contribution in [0.15, 0.2) is 23.8 Å². The van der Waals surface area contributed by atoms with E-state index in [2.05, 4.69) is 6.58 Å². The second-order valence-corrected chi connectivity index (χ2v) is 6.07. The highest BCUT2D eigenvalue weighted by atomic mass is 16.6. The molecule has 1 saturated heterocycles. The van der Waals surface area contributed by atoms with Crippen molar-refractivity contribution in [3.63, 3.8) is 0 Å². The number of allylic oxidation sites excluding steroid dienone is 1. The van der Waals surface area contributed by atoms with Crippen molar-refractivity contribution < 1.29 is 19.4 Å². The van der Waals surface area contributed by atoms with E-state index in [4.69, 9.17) is 4.74 Å². The fourth-order valence-corrected chi connectivity index (χ4v) is 3.91. The summed E-state index contributed by atoms with van der Waals surface area (Å²) >= 11 is 0. The molecule has 3 rings (SSSR count). The summed E-state index contributed by atoms with van der Waals surface area (Å²) in [5.41, 5.74) is 0.394. The van der Waals surface area contributed by atoms with Crippen molar-refractivity contribution in [3.8, 4) is 0 Å². The summed E-state index contributed by atoms with van der Waals surface area (Å²) in [4.78, 5) is 23.9. The van der Waals surface area contributed by atoms with E-state index >= 15 is 0 Å². The molecule has 0 amide bonds. The first-order valence-electron chi connectivity index (χ1n) is 6.69. The lowest BCUT2D eigenvalue weighted by molar-refractivity contribution is -0.140. The second kappa shape index (κ2) is 3.79. The summed E-state index contributed by atoms with van der Waals surface area (Å²) in [5.74, 6) is -0.759. The molecule has 19 heavy (non-hydrogen) atoms. The molecule has 0 aromatic rings. The van der Waals surface area contributed by atoms with Gasteiger partial charge in [0.15, 0.2) is 0 Å². The molecule has 0 aromatic heterocycles. The van der Waals surface area contributed by atoms with E-state index in [1.165, 1.54) is 0 Å². The Hall–Kier alpha value is -1.42. The van der Waals surface area contributed by atoms with Crippen molar-refractivity contribution >= 4 is 11.8 Å². The number of fused-ring (bicyclic) bond motifs is 2.